The van der Waals surface area contributed by atoms with Crippen molar-refractivity contribution in [2.24, 2.45) is 0 Å². The zero-order valence-corrected chi connectivity index (χ0v) is 14.1. The third-order valence-electron chi connectivity index (χ3n) is 3.79. The number of anilines is 1. The van der Waals surface area contributed by atoms with Crippen LogP contribution in [0.5, 0.6) is 0 Å². The summed E-state index contributed by atoms with van der Waals surface area (Å²) < 4.78 is 5.15. The lowest BCUT2D eigenvalue weighted by atomic mass is 10.2. The molecule has 2 aromatic rings. The zero-order valence-electron chi connectivity index (χ0n) is 13.2. The van der Waals surface area contributed by atoms with Gasteiger partial charge in [0.05, 0.1) is 6.54 Å². The Morgan fingerprint density at radius 2 is 2.08 bits per heavy atom. The summed E-state index contributed by atoms with van der Waals surface area (Å²) in [7, 11) is 0. The number of carbonyl (C=O) groups excluding carboxylic acids is 2. The van der Waals surface area contributed by atoms with E-state index in [2.05, 4.69) is 15.2 Å². The number of carbonyl (C=O) groups is 2. The van der Waals surface area contributed by atoms with Crippen LogP contribution >= 0.6 is 11.3 Å². The fraction of sp³-hybridized carbons (Fsp3) is 0.353. The molecule has 0 saturated carbocycles. The highest BCUT2D eigenvalue weighted by Crippen LogP contribution is 2.22. The number of nitrogens with zero attached hydrogens (tertiary/aromatic N) is 2. The van der Waals surface area contributed by atoms with Gasteiger partial charge >= 0.3 is 5.97 Å². The summed E-state index contributed by atoms with van der Waals surface area (Å²) in [5, 5.41) is 4.68. The lowest BCUT2D eigenvalue weighted by Gasteiger charge is -2.18. The first-order valence-electron chi connectivity index (χ1n) is 7.90. The van der Waals surface area contributed by atoms with E-state index in [4.69, 9.17) is 4.74 Å². The molecular weight excluding hydrogens is 326 g/mol. The highest BCUT2D eigenvalue weighted by molar-refractivity contribution is 7.09. The molecule has 126 valence electrons. The van der Waals surface area contributed by atoms with Gasteiger partial charge in [0, 0.05) is 24.2 Å². The monoisotopic (exact) mass is 345 g/mol. The van der Waals surface area contributed by atoms with Gasteiger partial charge in [0.1, 0.15) is 11.4 Å². The van der Waals surface area contributed by atoms with Gasteiger partial charge in [-0.3, -0.25) is 4.79 Å². The molecule has 1 saturated heterocycles. The van der Waals surface area contributed by atoms with Gasteiger partial charge in [-0.25, -0.2) is 9.78 Å². The van der Waals surface area contributed by atoms with E-state index in [1.165, 1.54) is 0 Å². The van der Waals surface area contributed by atoms with E-state index in [1.54, 1.807) is 29.7 Å². The van der Waals surface area contributed by atoms with E-state index < -0.39 is 5.97 Å². The highest BCUT2D eigenvalue weighted by Gasteiger charge is 2.21. The highest BCUT2D eigenvalue weighted by atomic mass is 32.1. The average Bonchev–Trinajstić information content (AvgIpc) is 3.31. The maximum Gasteiger partial charge on any atom is 0.342 e. The number of pyridine rings is 1. The molecule has 1 fully saturated rings. The molecule has 7 heteroatoms. The van der Waals surface area contributed by atoms with E-state index in [-0.39, 0.29) is 12.5 Å². The minimum atomic E-state index is -0.517. The summed E-state index contributed by atoms with van der Waals surface area (Å²) in [6.07, 6.45) is 3.85. The van der Waals surface area contributed by atoms with Crippen molar-refractivity contribution in [1.29, 1.82) is 0 Å². The van der Waals surface area contributed by atoms with Crippen molar-refractivity contribution in [1.82, 2.24) is 10.3 Å². The molecule has 1 N–H and O–H groups in total. The number of esters is 1. The van der Waals surface area contributed by atoms with Crippen molar-refractivity contribution in [3.63, 3.8) is 0 Å². The van der Waals surface area contributed by atoms with E-state index in [0.717, 1.165) is 30.8 Å². The van der Waals surface area contributed by atoms with Crippen LogP contribution in [0.1, 0.15) is 28.1 Å². The zero-order chi connectivity index (χ0) is 16.8. The number of rotatable bonds is 6. The number of aromatic nitrogens is 1. The van der Waals surface area contributed by atoms with Crippen LogP contribution in [-0.4, -0.2) is 36.6 Å². The predicted molar refractivity (Wildman–Crippen MR) is 92.1 cm³/mol. The van der Waals surface area contributed by atoms with Crippen LogP contribution in [0.15, 0.2) is 35.8 Å². The van der Waals surface area contributed by atoms with Crippen LogP contribution in [0, 0.1) is 0 Å². The molecular formula is C17H19N3O3S. The number of nitrogens with one attached hydrogen (secondary N) is 1. The molecule has 3 rings (SSSR count). The van der Waals surface area contributed by atoms with E-state index >= 15 is 0 Å². The van der Waals surface area contributed by atoms with Crippen LogP contribution in [0.4, 0.5) is 5.82 Å². The lowest BCUT2D eigenvalue weighted by Crippen LogP contribution is -2.29. The number of ether oxygens (including phenoxy) is 1. The van der Waals surface area contributed by atoms with Crippen LogP contribution in [0.2, 0.25) is 0 Å². The molecule has 1 amide bonds. The maximum absolute atomic E-state index is 12.3. The predicted octanol–water partition coefficient (Wildman–Crippen LogP) is 2.22. The first-order valence-corrected chi connectivity index (χ1v) is 8.78. The van der Waals surface area contributed by atoms with Gasteiger partial charge in [-0.1, -0.05) is 6.07 Å². The molecule has 3 heterocycles. The third kappa shape index (κ3) is 4.11. The van der Waals surface area contributed by atoms with Gasteiger partial charge in [0.25, 0.3) is 5.91 Å². The van der Waals surface area contributed by atoms with Crippen molar-refractivity contribution < 1.29 is 14.3 Å². The van der Waals surface area contributed by atoms with Gasteiger partial charge in [-0.2, -0.15) is 0 Å². The summed E-state index contributed by atoms with van der Waals surface area (Å²) in [6, 6.07) is 7.25. The molecule has 0 aliphatic carbocycles. The van der Waals surface area contributed by atoms with Gasteiger partial charge in [-0.05, 0) is 36.4 Å². The number of amides is 1. The smallest absolute Gasteiger partial charge is 0.342 e. The Hall–Kier alpha value is -2.41. The maximum atomic E-state index is 12.3. The van der Waals surface area contributed by atoms with Crippen LogP contribution in [0.25, 0.3) is 0 Å². The normalized spacial score (nSPS) is 13.8. The first-order chi connectivity index (χ1) is 11.7. The third-order valence-corrected chi connectivity index (χ3v) is 4.66. The van der Waals surface area contributed by atoms with E-state index in [9.17, 15) is 9.59 Å². The molecule has 2 aromatic heterocycles. The van der Waals surface area contributed by atoms with Gasteiger partial charge in [-0.15, -0.1) is 11.3 Å². The lowest BCUT2D eigenvalue weighted by molar-refractivity contribution is -0.124. The van der Waals surface area contributed by atoms with E-state index in [0.29, 0.717) is 17.9 Å². The quantitative estimate of drug-likeness (QED) is 0.813. The average molecular weight is 345 g/mol. The van der Waals surface area contributed by atoms with Crippen molar-refractivity contribution >= 4 is 29.0 Å². The van der Waals surface area contributed by atoms with Crippen LogP contribution in [0.3, 0.4) is 0 Å². The Morgan fingerprint density at radius 3 is 2.83 bits per heavy atom. The second-order valence-corrected chi connectivity index (χ2v) is 6.53. The summed E-state index contributed by atoms with van der Waals surface area (Å²) >= 11 is 1.57. The number of thiophene rings is 1. The molecule has 1 aliphatic rings. The second kappa shape index (κ2) is 7.92. The van der Waals surface area contributed by atoms with Crippen LogP contribution in [-0.2, 0) is 16.1 Å². The molecule has 0 bridgehead atoms. The largest absolute Gasteiger partial charge is 0.452 e. The molecule has 6 nitrogen and oxygen atoms in total. The molecule has 0 radical (unpaired) electrons. The fourth-order valence-corrected chi connectivity index (χ4v) is 3.24. The minimum absolute atomic E-state index is 0.293. The van der Waals surface area contributed by atoms with Crippen molar-refractivity contribution in [3.05, 3.63) is 46.3 Å². The second-order valence-electron chi connectivity index (χ2n) is 5.50. The molecule has 0 spiro atoms. The Balaban J connectivity index is 1.54. The minimum Gasteiger partial charge on any atom is -0.452 e. The molecule has 0 aromatic carbocycles. The van der Waals surface area contributed by atoms with Crippen molar-refractivity contribution in [3.8, 4) is 0 Å². The number of hydrogen-bond acceptors (Lipinski definition) is 6. The fourth-order valence-electron chi connectivity index (χ4n) is 2.60. The SMILES string of the molecule is O=C(COC(=O)c1cccnc1N1CCCC1)NCc1cccs1. The molecule has 24 heavy (non-hydrogen) atoms. The molecule has 1 aliphatic heterocycles. The van der Waals surface area contributed by atoms with Gasteiger partial charge < -0.3 is 15.0 Å². The Morgan fingerprint density at radius 1 is 1.25 bits per heavy atom. The summed E-state index contributed by atoms with van der Waals surface area (Å²) in [5.74, 6) is -0.196. The standard InChI is InChI=1S/C17H19N3O3S/c21-15(19-11-13-5-4-10-24-13)12-23-17(22)14-6-3-7-18-16(14)20-8-1-2-9-20/h3-7,10H,1-2,8-9,11-12H2,(H,19,21). The molecule has 0 unspecified atom stereocenters. The summed E-state index contributed by atoms with van der Waals surface area (Å²) in [5.41, 5.74) is 0.408. The summed E-state index contributed by atoms with van der Waals surface area (Å²) in [6.45, 7) is 1.93. The van der Waals surface area contributed by atoms with Gasteiger partial charge in [0.2, 0.25) is 0 Å². The Bertz CT molecular complexity index is 697. The Kier molecular flexibility index (Phi) is 5.43. The first kappa shape index (κ1) is 16.4. The Labute approximate surface area is 144 Å². The van der Waals surface area contributed by atoms with E-state index in [1.807, 2.05) is 17.5 Å². The number of hydrogen-bond donors (Lipinski definition) is 1. The van der Waals surface area contributed by atoms with Crippen LogP contribution < -0.4 is 10.2 Å². The summed E-state index contributed by atoms with van der Waals surface area (Å²) in [4.78, 5) is 31.5. The van der Waals surface area contributed by atoms with Crippen molar-refractivity contribution in [2.45, 2.75) is 19.4 Å². The van der Waals surface area contributed by atoms with Crippen molar-refractivity contribution in [2.75, 3.05) is 24.6 Å². The topological polar surface area (TPSA) is 71.5 Å². The molecule has 0 atom stereocenters. The van der Waals surface area contributed by atoms with Gasteiger partial charge in [0.15, 0.2) is 6.61 Å².